The molecule has 2 fully saturated rings. The van der Waals surface area contributed by atoms with Gasteiger partial charge in [-0.2, -0.15) is 0 Å². The van der Waals surface area contributed by atoms with Crippen LogP contribution in [0, 0.1) is 6.92 Å². The van der Waals surface area contributed by atoms with E-state index in [9.17, 15) is 14.4 Å². The number of hydrogen-bond donors (Lipinski definition) is 4. The number of carbonyl (C=O) groups is 3. The van der Waals surface area contributed by atoms with Crippen molar-refractivity contribution in [2.24, 2.45) is 0 Å². The Labute approximate surface area is 161 Å². The number of amides is 5. The van der Waals surface area contributed by atoms with Crippen molar-refractivity contribution < 1.29 is 14.4 Å². The molecule has 5 rings (SSSR count). The Morgan fingerprint density at radius 3 is 2.93 bits per heavy atom. The zero-order valence-corrected chi connectivity index (χ0v) is 15.5. The number of aryl methyl sites for hydroxylation is 1. The second kappa shape index (κ2) is 6.15. The molecule has 0 spiro atoms. The highest BCUT2D eigenvalue weighted by atomic mass is 16.2. The summed E-state index contributed by atoms with van der Waals surface area (Å²) >= 11 is 0. The van der Waals surface area contributed by atoms with Gasteiger partial charge in [-0.05, 0) is 12.5 Å². The third-order valence-corrected chi connectivity index (χ3v) is 5.89. The SMILES string of the molecule is Cc1cccc2c3c([nH]c12)CCN(C(=O)CCN1C(=O)N[C@H]2NC(=O)N[C@H]21)C3. The molecule has 4 N–H and O–H groups in total. The molecule has 2 saturated heterocycles. The molecular weight excluding hydrogens is 360 g/mol. The molecule has 28 heavy (non-hydrogen) atoms. The molecule has 3 aliphatic heterocycles. The molecule has 0 bridgehead atoms. The first-order valence-corrected chi connectivity index (χ1v) is 9.52. The number of H-pyrrole nitrogens is 1. The van der Waals surface area contributed by atoms with Gasteiger partial charge in [-0.1, -0.05) is 18.2 Å². The van der Waals surface area contributed by atoms with Gasteiger partial charge in [0, 0.05) is 54.6 Å². The summed E-state index contributed by atoms with van der Waals surface area (Å²) in [5.74, 6) is 0.0150. The summed E-state index contributed by atoms with van der Waals surface area (Å²) in [6.07, 6.45) is 0.132. The van der Waals surface area contributed by atoms with E-state index in [4.69, 9.17) is 0 Å². The van der Waals surface area contributed by atoms with E-state index in [1.807, 2.05) is 11.0 Å². The largest absolute Gasteiger partial charge is 0.358 e. The molecule has 1 aromatic carbocycles. The first kappa shape index (κ1) is 16.9. The fourth-order valence-corrected chi connectivity index (χ4v) is 4.41. The van der Waals surface area contributed by atoms with Gasteiger partial charge < -0.3 is 25.8 Å². The zero-order valence-electron chi connectivity index (χ0n) is 15.5. The van der Waals surface area contributed by atoms with Crippen LogP contribution < -0.4 is 16.0 Å². The van der Waals surface area contributed by atoms with Crippen molar-refractivity contribution in [2.45, 2.75) is 38.6 Å². The normalized spacial score (nSPS) is 23.3. The lowest BCUT2D eigenvalue weighted by molar-refractivity contribution is -0.132. The molecule has 0 saturated carbocycles. The van der Waals surface area contributed by atoms with Crippen LogP contribution in [0.25, 0.3) is 10.9 Å². The second-order valence-corrected chi connectivity index (χ2v) is 7.58. The quantitative estimate of drug-likeness (QED) is 0.629. The molecule has 2 aromatic rings. The Hall–Kier alpha value is -3.23. The predicted octanol–water partition coefficient (Wildman–Crippen LogP) is 0.741. The Kier molecular flexibility index (Phi) is 3.71. The van der Waals surface area contributed by atoms with E-state index in [-0.39, 0.29) is 30.9 Å². The molecule has 9 heteroatoms. The summed E-state index contributed by atoms with van der Waals surface area (Å²) in [5.41, 5.74) is 4.73. The molecule has 4 heterocycles. The lowest BCUT2D eigenvalue weighted by Gasteiger charge is -2.28. The Morgan fingerprint density at radius 2 is 2.07 bits per heavy atom. The molecule has 1 aromatic heterocycles. The van der Waals surface area contributed by atoms with Crippen LogP contribution in [-0.4, -0.2) is 58.2 Å². The van der Waals surface area contributed by atoms with Crippen molar-refractivity contribution in [2.75, 3.05) is 13.1 Å². The topological polar surface area (TPSA) is 110 Å². The molecule has 0 unspecified atom stereocenters. The minimum Gasteiger partial charge on any atom is -0.358 e. The maximum Gasteiger partial charge on any atom is 0.320 e. The number of fused-ring (bicyclic) bond motifs is 4. The first-order chi connectivity index (χ1) is 13.5. The van der Waals surface area contributed by atoms with Crippen molar-refractivity contribution in [3.8, 4) is 0 Å². The lowest BCUT2D eigenvalue weighted by Crippen LogP contribution is -2.45. The summed E-state index contributed by atoms with van der Waals surface area (Å²) in [6, 6.07) is 5.63. The Bertz CT molecular complexity index is 999. The van der Waals surface area contributed by atoms with Gasteiger partial charge >= 0.3 is 12.1 Å². The van der Waals surface area contributed by atoms with Crippen LogP contribution in [0.5, 0.6) is 0 Å². The number of aromatic amines is 1. The van der Waals surface area contributed by atoms with Crippen LogP contribution in [0.1, 0.15) is 23.2 Å². The molecular formula is C19H22N6O3. The maximum atomic E-state index is 12.8. The molecule has 5 amide bonds. The van der Waals surface area contributed by atoms with E-state index in [0.29, 0.717) is 13.1 Å². The molecule has 0 aliphatic carbocycles. The van der Waals surface area contributed by atoms with Crippen molar-refractivity contribution in [3.63, 3.8) is 0 Å². The fraction of sp³-hybridized carbons (Fsp3) is 0.421. The molecule has 2 atom stereocenters. The van der Waals surface area contributed by atoms with Gasteiger partial charge in [0.05, 0.1) is 0 Å². The van der Waals surface area contributed by atoms with E-state index < -0.39 is 12.3 Å². The van der Waals surface area contributed by atoms with Crippen LogP contribution in [-0.2, 0) is 17.8 Å². The van der Waals surface area contributed by atoms with Crippen molar-refractivity contribution in [1.29, 1.82) is 0 Å². The average molecular weight is 382 g/mol. The van der Waals surface area contributed by atoms with Gasteiger partial charge in [-0.3, -0.25) is 9.69 Å². The maximum absolute atomic E-state index is 12.8. The highest BCUT2D eigenvalue weighted by Gasteiger charge is 2.45. The summed E-state index contributed by atoms with van der Waals surface area (Å²) in [7, 11) is 0. The predicted molar refractivity (Wildman–Crippen MR) is 101 cm³/mol. The molecule has 9 nitrogen and oxygen atoms in total. The van der Waals surface area contributed by atoms with Crippen molar-refractivity contribution in [3.05, 3.63) is 35.0 Å². The smallest absolute Gasteiger partial charge is 0.320 e. The van der Waals surface area contributed by atoms with E-state index in [1.54, 1.807) is 0 Å². The van der Waals surface area contributed by atoms with E-state index in [2.05, 4.69) is 40.0 Å². The van der Waals surface area contributed by atoms with Gasteiger partial charge in [0.1, 0.15) is 12.3 Å². The molecule has 0 radical (unpaired) electrons. The monoisotopic (exact) mass is 382 g/mol. The van der Waals surface area contributed by atoms with E-state index >= 15 is 0 Å². The van der Waals surface area contributed by atoms with Crippen LogP contribution in [0.2, 0.25) is 0 Å². The third-order valence-electron chi connectivity index (χ3n) is 5.89. The third kappa shape index (κ3) is 2.57. The van der Waals surface area contributed by atoms with E-state index in [0.717, 1.165) is 11.9 Å². The number of hydrogen-bond acceptors (Lipinski definition) is 3. The number of nitrogens with one attached hydrogen (secondary N) is 4. The van der Waals surface area contributed by atoms with Crippen LogP contribution in [0.15, 0.2) is 18.2 Å². The number of para-hydroxylation sites is 1. The number of benzene rings is 1. The number of nitrogens with zero attached hydrogens (tertiary/aromatic N) is 2. The highest BCUT2D eigenvalue weighted by Crippen LogP contribution is 2.29. The van der Waals surface area contributed by atoms with Gasteiger partial charge in [-0.15, -0.1) is 0 Å². The molecule has 146 valence electrons. The van der Waals surface area contributed by atoms with Gasteiger partial charge in [0.2, 0.25) is 5.91 Å². The summed E-state index contributed by atoms with van der Waals surface area (Å²) in [6.45, 7) is 3.59. The number of urea groups is 2. The number of rotatable bonds is 3. The zero-order chi connectivity index (χ0) is 19.4. The van der Waals surface area contributed by atoms with Gasteiger partial charge in [0.15, 0.2) is 0 Å². The number of aromatic nitrogens is 1. The fourth-order valence-electron chi connectivity index (χ4n) is 4.41. The van der Waals surface area contributed by atoms with Crippen LogP contribution >= 0.6 is 0 Å². The average Bonchev–Trinajstić information content (AvgIpc) is 3.30. The second-order valence-electron chi connectivity index (χ2n) is 7.58. The highest BCUT2D eigenvalue weighted by molar-refractivity contribution is 5.88. The Morgan fingerprint density at radius 1 is 1.21 bits per heavy atom. The van der Waals surface area contributed by atoms with Gasteiger partial charge in [-0.25, -0.2) is 9.59 Å². The lowest BCUT2D eigenvalue weighted by atomic mass is 10.0. The summed E-state index contributed by atoms with van der Waals surface area (Å²) in [5, 5.41) is 9.21. The number of carbonyl (C=O) groups excluding carboxylic acids is 3. The summed E-state index contributed by atoms with van der Waals surface area (Å²) in [4.78, 5) is 43.2. The van der Waals surface area contributed by atoms with Crippen LogP contribution in [0.4, 0.5) is 9.59 Å². The first-order valence-electron chi connectivity index (χ1n) is 9.52. The van der Waals surface area contributed by atoms with Crippen molar-refractivity contribution >= 4 is 28.9 Å². The minimum absolute atomic E-state index is 0.0150. The standard InChI is InChI=1S/C19H22N6O3/c1-10-3-2-4-11-12-9-24(7-5-13(12)20-15(10)11)14(26)6-8-25-17-16(22-19(25)28)21-18(27)23-17/h2-4,16-17,20H,5-9H2,1H3,(H,22,28)(H2,21,23,27)/t16-,17+/m1/s1. The van der Waals surface area contributed by atoms with Crippen molar-refractivity contribution in [1.82, 2.24) is 30.7 Å². The Balaban J connectivity index is 1.27. The minimum atomic E-state index is -0.447. The van der Waals surface area contributed by atoms with Crippen LogP contribution in [0.3, 0.4) is 0 Å². The summed E-state index contributed by atoms with van der Waals surface area (Å²) < 4.78 is 0. The molecule has 3 aliphatic rings. The van der Waals surface area contributed by atoms with Gasteiger partial charge in [0.25, 0.3) is 0 Å². The van der Waals surface area contributed by atoms with E-state index in [1.165, 1.54) is 27.1 Å².